The van der Waals surface area contributed by atoms with E-state index in [1.807, 2.05) is 30.9 Å². The molecule has 234 valence electrons. The van der Waals surface area contributed by atoms with E-state index in [2.05, 4.69) is 15.4 Å². The largest absolute Gasteiger partial charge is 0.469 e. The fraction of sp³-hybridized carbons (Fsp3) is 0.452. The fourth-order valence-corrected chi connectivity index (χ4v) is 6.69. The Labute approximate surface area is 263 Å². The number of hydrogen-bond donors (Lipinski definition) is 1. The molecule has 1 aliphatic heterocycles. The van der Waals surface area contributed by atoms with E-state index in [4.69, 9.17) is 26.1 Å². The molecule has 1 N–H and O–H groups in total. The molecule has 9 nitrogen and oxygen atoms in total. The lowest BCUT2D eigenvalue weighted by atomic mass is 9.76. The first kappa shape index (κ1) is 31.8. The highest BCUT2D eigenvalue weighted by atomic mass is 35.5. The number of nitrogens with zero attached hydrogens (tertiary/aromatic N) is 4. The molecule has 2 aromatic heterocycles. The maximum absolute atomic E-state index is 14.7. The molecule has 0 radical (unpaired) electrons. The Bertz CT molecular complexity index is 1600. The van der Waals surface area contributed by atoms with Crippen LogP contribution in [-0.2, 0) is 24.6 Å². The Morgan fingerprint density at radius 2 is 1.91 bits per heavy atom. The summed E-state index contributed by atoms with van der Waals surface area (Å²) in [5, 5.41) is 9.88. The first-order valence-electron chi connectivity index (χ1n) is 14.4. The van der Waals surface area contributed by atoms with Crippen molar-refractivity contribution in [3.8, 4) is 0 Å². The molecular formula is C31H34ClF2N5O4S. The van der Waals surface area contributed by atoms with E-state index in [1.165, 1.54) is 24.5 Å². The summed E-state index contributed by atoms with van der Waals surface area (Å²) in [6, 6.07) is 1.31. The summed E-state index contributed by atoms with van der Waals surface area (Å²) < 4.78 is 40.8. The Morgan fingerprint density at radius 3 is 2.57 bits per heavy atom. The summed E-state index contributed by atoms with van der Waals surface area (Å²) in [6.07, 6.45) is 8.77. The molecule has 1 saturated carbocycles. The van der Waals surface area contributed by atoms with Gasteiger partial charge in [0.05, 0.1) is 42.5 Å². The first-order valence-corrected chi connectivity index (χ1v) is 15.7. The van der Waals surface area contributed by atoms with Crippen molar-refractivity contribution in [1.29, 1.82) is 0 Å². The average Bonchev–Trinajstić information content (AvgIpc) is 3.73. The third kappa shape index (κ3) is 6.41. The second-order valence-corrected chi connectivity index (χ2v) is 12.8. The van der Waals surface area contributed by atoms with Crippen molar-refractivity contribution in [1.82, 2.24) is 20.1 Å². The number of carbonyl (C=O) groups excluding carboxylic acids is 2. The van der Waals surface area contributed by atoms with Crippen LogP contribution in [-0.4, -0.2) is 46.3 Å². The van der Waals surface area contributed by atoms with Crippen LogP contribution in [0.4, 0.5) is 8.78 Å². The van der Waals surface area contributed by atoms with E-state index in [0.717, 1.165) is 37.3 Å². The number of rotatable bonds is 9. The number of amidine groups is 1. The molecule has 3 aromatic rings. The zero-order chi connectivity index (χ0) is 31.6. The minimum absolute atomic E-state index is 0.0755. The summed E-state index contributed by atoms with van der Waals surface area (Å²) >= 11 is 7.68. The Morgan fingerprint density at radius 1 is 1.18 bits per heavy atom. The van der Waals surface area contributed by atoms with Crippen molar-refractivity contribution < 1.29 is 27.8 Å². The number of carbonyl (C=O) groups is 2. The first-order chi connectivity index (χ1) is 21.0. The number of hydrogen-bond acceptors (Lipinski definition) is 9. The van der Waals surface area contributed by atoms with E-state index in [9.17, 15) is 18.4 Å². The van der Waals surface area contributed by atoms with Crippen LogP contribution in [0.25, 0.3) is 0 Å². The summed E-state index contributed by atoms with van der Waals surface area (Å²) in [6.45, 7) is 5.70. The predicted octanol–water partition coefficient (Wildman–Crippen LogP) is 6.45. The number of aliphatic imine (C=N–C) groups is 1. The molecule has 0 spiro atoms. The maximum Gasteiger partial charge on any atom is 0.338 e. The van der Waals surface area contributed by atoms with Crippen LogP contribution >= 0.6 is 22.9 Å². The monoisotopic (exact) mass is 645 g/mol. The van der Waals surface area contributed by atoms with Crippen molar-refractivity contribution in [3.63, 3.8) is 0 Å². The quantitative estimate of drug-likeness (QED) is 0.210. The highest BCUT2D eigenvalue weighted by molar-refractivity contribution is 7.11. The number of allylic oxidation sites excluding steroid dienone is 1. The van der Waals surface area contributed by atoms with Crippen LogP contribution in [0.5, 0.6) is 0 Å². The molecule has 1 aromatic carbocycles. The minimum atomic E-state index is -1.20. The summed E-state index contributed by atoms with van der Waals surface area (Å²) in [5.74, 6) is -2.62. The molecule has 3 heterocycles. The van der Waals surface area contributed by atoms with Gasteiger partial charge in [-0.3, -0.25) is 14.5 Å². The number of benzene rings is 1. The van der Waals surface area contributed by atoms with E-state index in [-0.39, 0.29) is 42.0 Å². The normalized spacial score (nSPS) is 20.6. The Hall–Kier alpha value is -3.64. The van der Waals surface area contributed by atoms with Gasteiger partial charge < -0.3 is 14.8 Å². The number of ether oxygens (including phenoxy) is 2. The third-order valence-corrected chi connectivity index (χ3v) is 9.36. The molecule has 5 rings (SSSR count). The van der Waals surface area contributed by atoms with Gasteiger partial charge in [0.1, 0.15) is 6.04 Å². The number of aromatic nitrogens is 3. The molecule has 1 unspecified atom stereocenters. The molecule has 2 aliphatic rings. The van der Waals surface area contributed by atoms with Gasteiger partial charge in [0.2, 0.25) is 0 Å². The highest BCUT2D eigenvalue weighted by Gasteiger charge is 2.39. The zero-order valence-corrected chi connectivity index (χ0v) is 26.5. The SMILES string of the molecule is CCOC(=O)C1=C([C@H]2CC[C@@H](c3cnn(C(C)(C)CC(=O)OC)c3)CC2)NC(c2nccs2)=NC1c1ccc(F)c(F)c1Cl. The van der Waals surface area contributed by atoms with Crippen LogP contribution in [0.3, 0.4) is 0 Å². The highest BCUT2D eigenvalue weighted by Crippen LogP contribution is 2.44. The lowest BCUT2D eigenvalue weighted by molar-refractivity contribution is -0.143. The lowest BCUT2D eigenvalue weighted by Crippen LogP contribution is -2.38. The molecule has 0 bridgehead atoms. The molecule has 0 saturated heterocycles. The summed E-state index contributed by atoms with van der Waals surface area (Å²) in [4.78, 5) is 34.6. The molecular weight excluding hydrogens is 612 g/mol. The van der Waals surface area contributed by atoms with Crippen molar-refractivity contribution in [2.45, 2.75) is 70.4 Å². The van der Waals surface area contributed by atoms with E-state index in [0.29, 0.717) is 16.5 Å². The molecule has 1 fully saturated rings. The average molecular weight is 646 g/mol. The predicted molar refractivity (Wildman–Crippen MR) is 162 cm³/mol. The van der Waals surface area contributed by atoms with Gasteiger partial charge >= 0.3 is 11.9 Å². The lowest BCUT2D eigenvalue weighted by Gasteiger charge is -2.35. The molecule has 1 atom stereocenters. The van der Waals surface area contributed by atoms with Crippen LogP contribution in [0.1, 0.15) is 81.0 Å². The number of methoxy groups -OCH3 is 1. The minimum Gasteiger partial charge on any atom is -0.469 e. The van der Waals surface area contributed by atoms with Gasteiger partial charge in [0.25, 0.3) is 0 Å². The van der Waals surface area contributed by atoms with Gasteiger partial charge in [0, 0.05) is 29.0 Å². The van der Waals surface area contributed by atoms with Gasteiger partial charge in [-0.15, -0.1) is 11.3 Å². The van der Waals surface area contributed by atoms with Gasteiger partial charge in [-0.25, -0.2) is 18.6 Å². The van der Waals surface area contributed by atoms with Gasteiger partial charge in [0.15, 0.2) is 22.5 Å². The smallest absolute Gasteiger partial charge is 0.338 e. The number of nitrogens with one attached hydrogen (secondary N) is 1. The molecule has 44 heavy (non-hydrogen) atoms. The van der Waals surface area contributed by atoms with E-state index < -0.39 is 34.2 Å². The van der Waals surface area contributed by atoms with Crippen molar-refractivity contribution in [3.05, 3.63) is 80.2 Å². The fourth-order valence-electron chi connectivity index (χ4n) is 5.85. The van der Waals surface area contributed by atoms with Crippen molar-refractivity contribution in [2.24, 2.45) is 10.9 Å². The zero-order valence-electron chi connectivity index (χ0n) is 24.9. The van der Waals surface area contributed by atoms with Gasteiger partial charge in [-0.05, 0) is 69.9 Å². The number of thiazole rings is 1. The van der Waals surface area contributed by atoms with Crippen LogP contribution in [0, 0.1) is 17.6 Å². The van der Waals surface area contributed by atoms with E-state index >= 15 is 0 Å². The van der Waals surface area contributed by atoms with Crippen LogP contribution < -0.4 is 5.32 Å². The van der Waals surface area contributed by atoms with Crippen molar-refractivity contribution >= 4 is 40.7 Å². The standard InChI is InChI=1S/C31H34ClF2N5O4S/c1-5-43-30(41)23-26(18-8-6-17(7-9-18)19-15-36-39(16-19)31(2,3)14-22(40)42-4)37-28(29-35-12-13-44-29)38-27(23)20-10-11-21(33)25(34)24(20)32/h10-13,15-18,27H,5-9,14H2,1-4H3,(H,37,38)/t17-,18+,27?. The molecule has 1 aliphatic carbocycles. The Balaban J connectivity index is 1.46. The number of halogens is 3. The Kier molecular flexibility index (Phi) is 9.50. The summed E-state index contributed by atoms with van der Waals surface area (Å²) in [7, 11) is 1.37. The van der Waals surface area contributed by atoms with Gasteiger partial charge in [-0.2, -0.15) is 5.10 Å². The third-order valence-electron chi connectivity index (χ3n) is 8.20. The molecule has 0 amide bonds. The second kappa shape index (κ2) is 13.2. The van der Waals surface area contributed by atoms with E-state index in [1.54, 1.807) is 18.5 Å². The number of esters is 2. The van der Waals surface area contributed by atoms with Gasteiger partial charge in [-0.1, -0.05) is 17.7 Å². The van der Waals surface area contributed by atoms with Crippen LogP contribution in [0.2, 0.25) is 5.02 Å². The summed E-state index contributed by atoms with van der Waals surface area (Å²) in [5.41, 5.74) is 1.55. The maximum atomic E-state index is 14.7. The molecule has 13 heteroatoms. The topological polar surface area (TPSA) is 108 Å². The van der Waals surface area contributed by atoms with Crippen molar-refractivity contribution in [2.75, 3.05) is 13.7 Å². The second-order valence-electron chi connectivity index (χ2n) is 11.5. The van der Waals surface area contributed by atoms with Crippen LogP contribution in [0.15, 0.2) is 52.4 Å².